The number of halogens is 5. The molecule has 132 valence electrons. The first-order chi connectivity index (χ1) is 10.0. The van der Waals surface area contributed by atoms with Crippen molar-refractivity contribution in [2.24, 2.45) is 0 Å². The van der Waals surface area contributed by atoms with E-state index < -0.39 is 60.2 Å². The third kappa shape index (κ3) is 6.41. The third-order valence-corrected chi connectivity index (χ3v) is 4.55. The van der Waals surface area contributed by atoms with E-state index >= 15 is 0 Å². The predicted molar refractivity (Wildman–Crippen MR) is 78.5 cm³/mol. The van der Waals surface area contributed by atoms with Gasteiger partial charge in [0.25, 0.3) is 0 Å². The molecule has 0 aliphatic rings. The van der Waals surface area contributed by atoms with Crippen LogP contribution in [0.5, 0.6) is 5.75 Å². The maximum Gasteiger partial charge on any atom is 1.00 e. The van der Waals surface area contributed by atoms with Gasteiger partial charge in [-0.05, 0) is 37.5 Å². The normalized spacial score (nSPS) is 12.7. The summed E-state index contributed by atoms with van der Waals surface area (Å²) in [6.07, 6.45) is 0. The molecule has 0 atom stereocenters. The van der Waals surface area contributed by atoms with Crippen molar-refractivity contribution in [1.82, 2.24) is 0 Å². The molecule has 0 heterocycles. The second-order valence-corrected chi connectivity index (χ2v) is 8.56. The fourth-order valence-electron chi connectivity index (χ4n) is 2.37. The van der Waals surface area contributed by atoms with Gasteiger partial charge in [-0.15, -0.1) is 0 Å². The van der Waals surface area contributed by atoms with Gasteiger partial charge in [-0.2, -0.15) is 8.42 Å². The summed E-state index contributed by atoms with van der Waals surface area (Å²) in [5, 5.41) is 0. The standard InChI is InChI=1S/C10H11BClF4O5S2.K/c1-5-8(4-22(12,17)18)6(2)10(21-23(16,19)20)7(3)9(5)11(13,14)15;/h4H2,1-3H3;/q-1;+1. The molecule has 14 heteroatoms. The smallest absolute Gasteiger partial charge is 0.445 e. The first-order valence-corrected chi connectivity index (χ1v) is 9.72. The van der Waals surface area contributed by atoms with Crippen molar-refractivity contribution >= 4 is 42.7 Å². The maximum absolute atomic E-state index is 13.2. The summed E-state index contributed by atoms with van der Waals surface area (Å²) >= 11 is 0. The van der Waals surface area contributed by atoms with Crippen molar-refractivity contribution in [3.63, 3.8) is 0 Å². The molecule has 0 aliphatic heterocycles. The van der Waals surface area contributed by atoms with Gasteiger partial charge in [0.2, 0.25) is 9.05 Å². The Morgan fingerprint density at radius 3 is 1.79 bits per heavy atom. The van der Waals surface area contributed by atoms with Gasteiger partial charge in [0.1, 0.15) is 5.75 Å². The fraction of sp³-hybridized carbons (Fsp3) is 0.400. The minimum Gasteiger partial charge on any atom is -0.445 e. The molecule has 0 N–H and O–H groups in total. The summed E-state index contributed by atoms with van der Waals surface area (Å²) in [7, 11) is -4.78. The molecule has 0 radical (unpaired) electrons. The average Bonchev–Trinajstić information content (AvgIpc) is 2.26. The molecule has 1 aromatic rings. The van der Waals surface area contributed by atoms with Crippen LogP contribution in [0.1, 0.15) is 22.3 Å². The van der Waals surface area contributed by atoms with Gasteiger partial charge >= 0.3 is 68.9 Å². The third-order valence-electron chi connectivity index (χ3n) is 3.22. The summed E-state index contributed by atoms with van der Waals surface area (Å²) in [5.74, 6) is -1.89. The molecule has 0 bridgehead atoms. The first-order valence-electron chi connectivity index (χ1n) is 5.93. The minimum atomic E-state index is -5.64. The van der Waals surface area contributed by atoms with Crippen LogP contribution in [0.3, 0.4) is 0 Å². The monoisotopic (exact) mass is 436 g/mol. The van der Waals surface area contributed by atoms with E-state index in [1.54, 1.807) is 0 Å². The van der Waals surface area contributed by atoms with Gasteiger partial charge in [0, 0.05) is 10.7 Å². The van der Waals surface area contributed by atoms with E-state index in [1.807, 2.05) is 0 Å². The topological polar surface area (TPSA) is 77.5 Å². The second kappa shape index (κ2) is 8.11. The fourth-order valence-corrected chi connectivity index (χ4v) is 3.92. The van der Waals surface area contributed by atoms with Crippen LogP contribution in [0.25, 0.3) is 0 Å². The molecule has 0 fully saturated rings. The predicted octanol–water partition coefficient (Wildman–Crippen LogP) is -0.668. The van der Waals surface area contributed by atoms with Crippen LogP contribution < -0.4 is 61.0 Å². The van der Waals surface area contributed by atoms with Crippen LogP contribution in [0.2, 0.25) is 0 Å². The van der Waals surface area contributed by atoms with Crippen molar-refractivity contribution in [3.05, 3.63) is 22.3 Å². The summed E-state index contributed by atoms with van der Waals surface area (Å²) in [6, 6.07) is 0. The Balaban J connectivity index is 0.00000529. The van der Waals surface area contributed by atoms with Crippen LogP contribution in [-0.2, 0) is 25.3 Å². The van der Waals surface area contributed by atoms with Crippen molar-refractivity contribution < 1.29 is 89.2 Å². The zero-order valence-corrected chi connectivity index (χ0v) is 18.5. The molecule has 0 unspecified atom stereocenters. The Morgan fingerprint density at radius 1 is 1.00 bits per heavy atom. The maximum atomic E-state index is 13.2. The minimum absolute atomic E-state index is 0. The van der Waals surface area contributed by atoms with Gasteiger partial charge in [-0.1, -0.05) is 14.9 Å². The summed E-state index contributed by atoms with van der Waals surface area (Å²) in [5.41, 5.74) is -2.97. The molecule has 1 rings (SSSR count). The second-order valence-electron chi connectivity index (χ2n) is 4.83. The molecule has 24 heavy (non-hydrogen) atoms. The first kappa shape index (κ1) is 24.6. The number of rotatable bonds is 5. The zero-order valence-electron chi connectivity index (χ0n) is 13.0. The summed E-state index contributed by atoms with van der Waals surface area (Å²) in [6.45, 7) is -2.59. The molecule has 0 amide bonds. The van der Waals surface area contributed by atoms with Crippen LogP contribution >= 0.6 is 10.7 Å². The summed E-state index contributed by atoms with van der Waals surface area (Å²) in [4.78, 5) is 0. The van der Waals surface area contributed by atoms with Crippen LogP contribution in [0, 0.1) is 20.8 Å². The van der Waals surface area contributed by atoms with Crippen molar-refractivity contribution in [2.45, 2.75) is 26.5 Å². The molecule has 0 aliphatic carbocycles. The molecule has 0 saturated heterocycles. The van der Waals surface area contributed by atoms with E-state index in [9.17, 15) is 33.7 Å². The van der Waals surface area contributed by atoms with Gasteiger partial charge in [0.05, 0.1) is 5.75 Å². The Morgan fingerprint density at radius 2 is 1.46 bits per heavy atom. The zero-order chi connectivity index (χ0) is 18.4. The molecular weight excluding hydrogens is 426 g/mol. The van der Waals surface area contributed by atoms with E-state index in [0.29, 0.717) is 0 Å². The molecule has 0 aromatic heterocycles. The van der Waals surface area contributed by atoms with E-state index in [2.05, 4.69) is 4.18 Å². The van der Waals surface area contributed by atoms with Crippen molar-refractivity contribution in [2.75, 3.05) is 0 Å². The van der Waals surface area contributed by atoms with Gasteiger partial charge in [-0.3, -0.25) is 0 Å². The Kier molecular flexibility index (Phi) is 8.32. The number of hydrogen-bond donors (Lipinski definition) is 0. The number of hydrogen-bond acceptors (Lipinski definition) is 5. The molecule has 5 nitrogen and oxygen atoms in total. The van der Waals surface area contributed by atoms with Gasteiger partial charge in [-0.25, -0.2) is 8.42 Å². The van der Waals surface area contributed by atoms with Crippen LogP contribution in [0.15, 0.2) is 0 Å². The summed E-state index contributed by atoms with van der Waals surface area (Å²) < 4.78 is 100. The average molecular weight is 437 g/mol. The van der Waals surface area contributed by atoms with Gasteiger partial charge < -0.3 is 17.1 Å². The molecule has 0 saturated carbocycles. The van der Waals surface area contributed by atoms with Crippen LogP contribution in [-0.4, -0.2) is 23.8 Å². The molecular formula is C10H11BClF4KO5S2. The molecule has 1 aromatic carbocycles. The van der Waals surface area contributed by atoms with E-state index in [-0.39, 0.29) is 56.9 Å². The molecule has 0 spiro atoms. The van der Waals surface area contributed by atoms with Crippen molar-refractivity contribution in [3.8, 4) is 5.75 Å². The Hall–Kier alpha value is 0.631. The SMILES string of the molecule is Cc1c(CS(=O)(=O)Cl)c(C)c([B-](F)(F)F)c(C)c1OS(=O)(=O)F.[K+]. The van der Waals surface area contributed by atoms with E-state index in [0.717, 1.165) is 20.8 Å². The quantitative estimate of drug-likeness (QED) is 0.348. The largest absolute Gasteiger partial charge is 1.00 e. The van der Waals surface area contributed by atoms with Crippen LogP contribution in [0.4, 0.5) is 16.8 Å². The van der Waals surface area contributed by atoms with E-state index in [1.165, 1.54) is 0 Å². The Labute approximate surface area is 184 Å². The Bertz CT molecular complexity index is 794. The van der Waals surface area contributed by atoms with E-state index in [4.69, 9.17) is 10.7 Å². The number of benzene rings is 1. The van der Waals surface area contributed by atoms with Crippen molar-refractivity contribution in [1.29, 1.82) is 0 Å². The van der Waals surface area contributed by atoms with Gasteiger partial charge in [0.15, 0.2) is 0 Å².